The van der Waals surface area contributed by atoms with Gasteiger partial charge in [0.2, 0.25) is 11.8 Å². The number of aromatic nitrogens is 2. The molecule has 2 fully saturated rings. The summed E-state index contributed by atoms with van der Waals surface area (Å²) < 4.78 is 37.9. The summed E-state index contributed by atoms with van der Waals surface area (Å²) in [6, 6.07) is -0.427. The first-order valence-electron chi connectivity index (χ1n) is 10.2. The Morgan fingerprint density at radius 3 is 2.47 bits per heavy atom. The minimum Gasteiger partial charge on any atom is -0.372 e. The number of morpholine rings is 1. The van der Waals surface area contributed by atoms with E-state index in [1.54, 1.807) is 27.0 Å². The van der Waals surface area contributed by atoms with Crippen molar-refractivity contribution in [2.45, 2.75) is 45.4 Å². The number of nitrogens with zero attached hydrogens (tertiary/aromatic N) is 3. The number of imidazole rings is 1. The number of hydrogen-bond donors (Lipinski definition) is 2. The van der Waals surface area contributed by atoms with Crippen LogP contribution in [0.1, 0.15) is 25.1 Å². The van der Waals surface area contributed by atoms with E-state index in [0.29, 0.717) is 5.69 Å². The summed E-state index contributed by atoms with van der Waals surface area (Å²) in [7, 11) is 0. The minimum absolute atomic E-state index is 0.00166. The van der Waals surface area contributed by atoms with Gasteiger partial charge in [0, 0.05) is 19.2 Å². The van der Waals surface area contributed by atoms with Crippen LogP contribution in [0, 0.1) is 24.0 Å². The third-order valence-electron chi connectivity index (χ3n) is 6.44. The first-order valence-corrected chi connectivity index (χ1v) is 10.2. The van der Waals surface area contributed by atoms with Crippen LogP contribution >= 0.6 is 0 Å². The van der Waals surface area contributed by atoms with Crippen molar-refractivity contribution in [1.82, 2.24) is 20.2 Å². The summed E-state index contributed by atoms with van der Waals surface area (Å²) in [6.07, 6.45) is 1.64. The molecule has 32 heavy (non-hydrogen) atoms. The molecule has 0 aliphatic carbocycles. The highest BCUT2D eigenvalue weighted by Gasteiger charge is 2.63. The number of benzene rings is 1. The summed E-state index contributed by atoms with van der Waals surface area (Å²) in [5.41, 5.74) is -0.954. The maximum absolute atomic E-state index is 15.5. The Balaban J connectivity index is 1.75. The molecule has 3 aliphatic heterocycles. The van der Waals surface area contributed by atoms with Crippen molar-refractivity contribution < 1.29 is 27.9 Å². The van der Waals surface area contributed by atoms with E-state index in [0.717, 1.165) is 0 Å². The molecule has 5 rings (SSSR count). The van der Waals surface area contributed by atoms with Gasteiger partial charge < -0.3 is 14.2 Å². The predicted octanol–water partition coefficient (Wildman–Crippen LogP) is 1.35. The third-order valence-corrected chi connectivity index (χ3v) is 6.44. The van der Waals surface area contributed by atoms with Crippen molar-refractivity contribution in [3.63, 3.8) is 0 Å². The Hall–Kier alpha value is -3.34. The van der Waals surface area contributed by atoms with Gasteiger partial charge in [0.25, 0.3) is 0 Å². The molecule has 168 valence electrons. The molecular formula is C21H21F2N5O4. The van der Waals surface area contributed by atoms with Crippen molar-refractivity contribution in [3.8, 4) is 5.69 Å². The van der Waals surface area contributed by atoms with Crippen molar-refractivity contribution in [2.75, 3.05) is 11.4 Å². The van der Waals surface area contributed by atoms with Crippen molar-refractivity contribution in [2.24, 2.45) is 5.41 Å². The van der Waals surface area contributed by atoms with Gasteiger partial charge >= 0.3 is 6.03 Å². The number of barbiturate groups is 1. The number of imide groups is 2. The van der Waals surface area contributed by atoms with Gasteiger partial charge in [-0.2, -0.15) is 0 Å². The Morgan fingerprint density at radius 2 is 1.84 bits per heavy atom. The summed E-state index contributed by atoms with van der Waals surface area (Å²) in [5, 5.41) is 4.33. The summed E-state index contributed by atoms with van der Waals surface area (Å²) in [5.74, 6) is -3.71. The normalized spacial score (nSPS) is 26.5. The number of nitrogens with one attached hydrogen (secondary N) is 2. The Morgan fingerprint density at radius 1 is 1.16 bits per heavy atom. The molecule has 1 aromatic heterocycles. The van der Waals surface area contributed by atoms with Gasteiger partial charge in [-0.1, -0.05) is 0 Å². The lowest BCUT2D eigenvalue weighted by Crippen LogP contribution is -2.75. The van der Waals surface area contributed by atoms with E-state index in [1.165, 1.54) is 21.9 Å². The maximum atomic E-state index is 15.5. The van der Waals surface area contributed by atoms with Crippen LogP contribution in [0.3, 0.4) is 0 Å². The van der Waals surface area contributed by atoms with Crippen molar-refractivity contribution in [1.29, 1.82) is 0 Å². The lowest BCUT2D eigenvalue weighted by molar-refractivity contribution is -0.153. The molecule has 0 bridgehead atoms. The molecule has 11 heteroatoms. The second kappa shape index (κ2) is 6.83. The molecule has 4 amide bonds. The fourth-order valence-corrected chi connectivity index (χ4v) is 5.26. The first kappa shape index (κ1) is 20.6. The number of aryl methyl sites for hydroxylation is 1. The monoisotopic (exact) mass is 445 g/mol. The smallest absolute Gasteiger partial charge is 0.328 e. The summed E-state index contributed by atoms with van der Waals surface area (Å²) in [4.78, 5) is 43.6. The molecule has 3 aliphatic rings. The summed E-state index contributed by atoms with van der Waals surface area (Å²) >= 11 is 0. The molecule has 1 spiro atoms. The van der Waals surface area contributed by atoms with E-state index in [4.69, 9.17) is 4.74 Å². The average Bonchev–Trinajstić information content (AvgIpc) is 3.14. The molecule has 1 aromatic carbocycles. The second-order valence-electron chi connectivity index (χ2n) is 8.59. The zero-order chi connectivity index (χ0) is 22.9. The van der Waals surface area contributed by atoms with Crippen LogP contribution < -0.4 is 15.5 Å². The van der Waals surface area contributed by atoms with Gasteiger partial charge in [0.05, 0.1) is 41.6 Å². The highest BCUT2D eigenvalue weighted by atomic mass is 19.2. The van der Waals surface area contributed by atoms with Gasteiger partial charge in [-0.15, -0.1) is 0 Å². The number of anilines is 1. The van der Waals surface area contributed by atoms with Crippen LogP contribution in [0.25, 0.3) is 5.69 Å². The van der Waals surface area contributed by atoms with E-state index >= 15 is 8.78 Å². The highest BCUT2D eigenvalue weighted by molar-refractivity contribution is 6.20. The van der Waals surface area contributed by atoms with Gasteiger partial charge in [-0.3, -0.25) is 20.2 Å². The summed E-state index contributed by atoms with van der Waals surface area (Å²) in [6.45, 7) is 5.30. The fourth-order valence-electron chi connectivity index (χ4n) is 5.26. The largest absolute Gasteiger partial charge is 0.372 e. The number of halogens is 2. The molecule has 2 aromatic rings. The number of ether oxygens (including phenoxy) is 1. The van der Waals surface area contributed by atoms with Crippen LogP contribution in [0.5, 0.6) is 0 Å². The number of carbonyl (C=O) groups excluding carboxylic acids is 3. The van der Waals surface area contributed by atoms with Crippen LogP contribution in [0.15, 0.2) is 18.6 Å². The number of hydrogen-bond acceptors (Lipinski definition) is 6. The van der Waals surface area contributed by atoms with Gasteiger partial charge in [0.15, 0.2) is 17.0 Å². The van der Waals surface area contributed by atoms with Gasteiger partial charge in [-0.05, 0) is 32.4 Å². The Labute approximate surface area is 181 Å². The maximum Gasteiger partial charge on any atom is 0.328 e. The molecule has 0 unspecified atom stereocenters. The quantitative estimate of drug-likeness (QED) is 0.642. The van der Waals surface area contributed by atoms with Crippen LogP contribution in [-0.2, 0) is 20.7 Å². The molecule has 0 radical (unpaired) electrons. The molecule has 4 heterocycles. The molecule has 3 atom stereocenters. The Bertz CT molecular complexity index is 1160. The molecule has 0 saturated carbocycles. The lowest BCUT2D eigenvalue weighted by Gasteiger charge is -2.55. The lowest BCUT2D eigenvalue weighted by atomic mass is 9.66. The van der Waals surface area contributed by atoms with Gasteiger partial charge in [0.1, 0.15) is 0 Å². The average molecular weight is 445 g/mol. The number of fused-ring (bicyclic) bond motifs is 4. The number of amides is 4. The zero-order valence-corrected chi connectivity index (χ0v) is 17.6. The van der Waals surface area contributed by atoms with Gasteiger partial charge in [-0.25, -0.2) is 18.6 Å². The SMILES string of the molecule is Cc1cn(-c2cc3c(c(F)c2F)N2C[C@@H](C)O[C@@H](C)[C@@H]2C2(C3)C(=O)NC(=O)NC2=O)cn1. The van der Waals surface area contributed by atoms with E-state index in [-0.39, 0.29) is 36.0 Å². The van der Waals surface area contributed by atoms with Crippen LogP contribution in [0.2, 0.25) is 0 Å². The van der Waals surface area contributed by atoms with Crippen molar-refractivity contribution >= 4 is 23.5 Å². The van der Waals surface area contributed by atoms with Crippen LogP contribution in [-0.4, -0.2) is 52.2 Å². The molecule has 2 N–H and O–H groups in total. The molecule has 2 saturated heterocycles. The van der Waals surface area contributed by atoms with E-state index < -0.39 is 47.0 Å². The van der Waals surface area contributed by atoms with E-state index in [9.17, 15) is 14.4 Å². The van der Waals surface area contributed by atoms with Crippen molar-refractivity contribution in [3.05, 3.63) is 41.5 Å². The first-order chi connectivity index (χ1) is 15.1. The number of rotatable bonds is 1. The molecular weight excluding hydrogens is 424 g/mol. The minimum atomic E-state index is -1.76. The predicted molar refractivity (Wildman–Crippen MR) is 107 cm³/mol. The standard InChI is InChI=1S/C21H21F2N5O4/c1-9-6-27(8-24-9)13-4-12-5-21(18(29)25-20(31)26-19(21)30)17-11(3)32-10(2)7-28(17)16(12)15(23)14(13)22/h4,6,8,10-11,17H,5,7H2,1-3H3,(H2,25,26,29,30,31)/t10-,11+,17-/m1/s1. The second-order valence-corrected chi connectivity index (χ2v) is 8.59. The topological polar surface area (TPSA) is 106 Å². The van der Waals surface area contributed by atoms with E-state index in [1.807, 2.05) is 0 Å². The Kier molecular flexibility index (Phi) is 4.39. The molecule has 9 nitrogen and oxygen atoms in total. The highest BCUT2D eigenvalue weighted by Crippen LogP contribution is 2.48. The van der Waals surface area contributed by atoms with Crippen LogP contribution in [0.4, 0.5) is 19.3 Å². The third kappa shape index (κ3) is 2.70. The van der Waals surface area contributed by atoms with E-state index in [2.05, 4.69) is 15.6 Å². The fraction of sp³-hybridized carbons (Fsp3) is 0.429. The zero-order valence-electron chi connectivity index (χ0n) is 17.6. The number of carbonyl (C=O) groups is 3. The number of urea groups is 1.